The van der Waals surface area contributed by atoms with Gasteiger partial charge in [-0.1, -0.05) is 25.1 Å². The molecule has 0 saturated carbocycles. The van der Waals surface area contributed by atoms with Gasteiger partial charge in [0, 0.05) is 17.7 Å². The van der Waals surface area contributed by atoms with E-state index in [9.17, 15) is 10.1 Å². The lowest BCUT2D eigenvalue weighted by Gasteiger charge is -2.08. The van der Waals surface area contributed by atoms with Crippen LogP contribution >= 0.6 is 12.4 Å². The molecule has 0 bridgehead atoms. The third-order valence-electron chi connectivity index (χ3n) is 1.97. The Kier molecular flexibility index (Phi) is 5.12. The number of nitrogens with zero attached hydrogens (tertiary/aromatic N) is 1. The van der Waals surface area contributed by atoms with Crippen LogP contribution in [0.15, 0.2) is 24.3 Å². The highest BCUT2D eigenvalue weighted by Crippen LogP contribution is 2.24. The second-order valence-corrected chi connectivity index (χ2v) is 2.83. The Morgan fingerprint density at radius 1 is 1.50 bits per heavy atom. The van der Waals surface area contributed by atoms with Crippen molar-refractivity contribution in [1.29, 1.82) is 0 Å². The maximum atomic E-state index is 10.6. The monoisotopic (exact) mass is 216 g/mol. The second-order valence-electron chi connectivity index (χ2n) is 2.83. The van der Waals surface area contributed by atoms with Crippen molar-refractivity contribution < 1.29 is 4.92 Å². The van der Waals surface area contributed by atoms with Gasteiger partial charge in [0.15, 0.2) is 0 Å². The molecule has 2 N–H and O–H groups in total. The van der Waals surface area contributed by atoms with E-state index >= 15 is 0 Å². The largest absolute Gasteiger partial charge is 0.324 e. The zero-order valence-corrected chi connectivity index (χ0v) is 8.66. The van der Waals surface area contributed by atoms with E-state index < -0.39 is 4.92 Å². The van der Waals surface area contributed by atoms with E-state index in [1.165, 1.54) is 6.07 Å². The molecule has 0 aliphatic rings. The molecule has 4 nitrogen and oxygen atoms in total. The average Bonchev–Trinajstić information content (AvgIpc) is 2.16. The Bertz CT molecular complexity index is 317. The SMILES string of the molecule is CC[C@H](N)c1ccccc1[N+](=O)[O-].Cl. The number of benzene rings is 1. The van der Waals surface area contributed by atoms with Gasteiger partial charge >= 0.3 is 0 Å². The van der Waals surface area contributed by atoms with Crippen LogP contribution in [0.5, 0.6) is 0 Å². The van der Waals surface area contributed by atoms with Crippen LogP contribution in [0.3, 0.4) is 0 Å². The zero-order chi connectivity index (χ0) is 9.84. The number of para-hydroxylation sites is 1. The molecule has 1 atom stereocenters. The lowest BCUT2D eigenvalue weighted by Crippen LogP contribution is -2.10. The van der Waals surface area contributed by atoms with Crippen molar-refractivity contribution in [3.63, 3.8) is 0 Å². The molecule has 1 aromatic carbocycles. The van der Waals surface area contributed by atoms with E-state index in [2.05, 4.69) is 0 Å². The first-order valence-electron chi connectivity index (χ1n) is 4.15. The second kappa shape index (κ2) is 5.57. The summed E-state index contributed by atoms with van der Waals surface area (Å²) in [6, 6.07) is 6.33. The standard InChI is InChI=1S/C9H12N2O2.ClH/c1-2-8(10)7-5-3-4-6-9(7)11(12)13;/h3-6,8H,2,10H2,1H3;1H/t8-;/m0./s1. The van der Waals surface area contributed by atoms with Gasteiger partial charge in [0.1, 0.15) is 0 Å². The van der Waals surface area contributed by atoms with Gasteiger partial charge in [-0.2, -0.15) is 0 Å². The number of rotatable bonds is 3. The molecule has 14 heavy (non-hydrogen) atoms. The van der Waals surface area contributed by atoms with Crippen LogP contribution in [0.1, 0.15) is 24.9 Å². The highest BCUT2D eigenvalue weighted by molar-refractivity contribution is 5.85. The topological polar surface area (TPSA) is 69.2 Å². The molecule has 0 heterocycles. The smallest absolute Gasteiger partial charge is 0.274 e. The van der Waals surface area contributed by atoms with Gasteiger partial charge in [-0.15, -0.1) is 12.4 Å². The molecule has 5 heteroatoms. The van der Waals surface area contributed by atoms with Crippen LogP contribution in [0, 0.1) is 10.1 Å². The van der Waals surface area contributed by atoms with Crippen LogP contribution in [0.25, 0.3) is 0 Å². The molecule has 0 unspecified atom stereocenters. The van der Waals surface area contributed by atoms with Crippen molar-refractivity contribution in [1.82, 2.24) is 0 Å². The van der Waals surface area contributed by atoms with E-state index in [1.807, 2.05) is 6.92 Å². The van der Waals surface area contributed by atoms with Crippen LogP contribution < -0.4 is 5.73 Å². The van der Waals surface area contributed by atoms with E-state index in [1.54, 1.807) is 18.2 Å². The predicted octanol–water partition coefficient (Wildman–Crippen LogP) is 2.43. The number of nitro benzene ring substituents is 1. The summed E-state index contributed by atoms with van der Waals surface area (Å²) in [5.74, 6) is 0. The first-order valence-corrected chi connectivity index (χ1v) is 4.15. The summed E-state index contributed by atoms with van der Waals surface area (Å²) >= 11 is 0. The maximum Gasteiger partial charge on any atom is 0.274 e. The fraction of sp³-hybridized carbons (Fsp3) is 0.333. The number of nitro groups is 1. The van der Waals surface area contributed by atoms with Crippen molar-refractivity contribution in [3.8, 4) is 0 Å². The minimum absolute atomic E-state index is 0. The molecule has 0 spiro atoms. The van der Waals surface area contributed by atoms with Gasteiger partial charge in [-0.25, -0.2) is 0 Å². The van der Waals surface area contributed by atoms with E-state index in [-0.39, 0.29) is 24.1 Å². The summed E-state index contributed by atoms with van der Waals surface area (Å²) in [6.45, 7) is 1.90. The van der Waals surface area contributed by atoms with Crippen LogP contribution in [-0.2, 0) is 0 Å². The van der Waals surface area contributed by atoms with Crippen LogP contribution in [-0.4, -0.2) is 4.92 Å². The molecule has 0 radical (unpaired) electrons. The minimum atomic E-state index is -0.398. The van der Waals surface area contributed by atoms with Gasteiger partial charge in [0.05, 0.1) is 4.92 Å². The average molecular weight is 217 g/mol. The molecule has 1 aromatic rings. The van der Waals surface area contributed by atoms with Crippen LogP contribution in [0.2, 0.25) is 0 Å². The maximum absolute atomic E-state index is 10.6. The lowest BCUT2D eigenvalue weighted by atomic mass is 10.0. The van der Waals surface area contributed by atoms with Crippen LogP contribution in [0.4, 0.5) is 5.69 Å². The van der Waals surface area contributed by atoms with Gasteiger partial charge in [0.25, 0.3) is 5.69 Å². The van der Waals surface area contributed by atoms with Crippen molar-refractivity contribution in [2.75, 3.05) is 0 Å². The third-order valence-corrected chi connectivity index (χ3v) is 1.97. The van der Waals surface area contributed by atoms with Gasteiger partial charge < -0.3 is 5.73 Å². The Morgan fingerprint density at radius 3 is 2.57 bits per heavy atom. The molecular weight excluding hydrogens is 204 g/mol. The summed E-state index contributed by atoms with van der Waals surface area (Å²) < 4.78 is 0. The summed E-state index contributed by atoms with van der Waals surface area (Å²) in [4.78, 5) is 10.2. The number of hydrogen-bond acceptors (Lipinski definition) is 3. The Balaban J connectivity index is 0.00000169. The summed E-state index contributed by atoms with van der Waals surface area (Å²) in [7, 11) is 0. The first-order chi connectivity index (χ1) is 6.16. The third kappa shape index (κ3) is 2.68. The molecule has 78 valence electrons. The molecule has 1 rings (SSSR count). The summed E-state index contributed by atoms with van der Waals surface area (Å²) in [5, 5.41) is 10.6. The van der Waals surface area contributed by atoms with Crippen molar-refractivity contribution in [2.24, 2.45) is 5.73 Å². The van der Waals surface area contributed by atoms with E-state index in [4.69, 9.17) is 5.73 Å². The molecule has 0 aromatic heterocycles. The Morgan fingerprint density at radius 2 is 2.07 bits per heavy atom. The summed E-state index contributed by atoms with van der Waals surface area (Å²) in [6.07, 6.45) is 0.699. The fourth-order valence-corrected chi connectivity index (χ4v) is 1.19. The Hall–Kier alpha value is -1.13. The quantitative estimate of drug-likeness (QED) is 0.623. The molecule has 0 aliphatic heterocycles. The van der Waals surface area contributed by atoms with Gasteiger partial charge in [0.2, 0.25) is 0 Å². The number of hydrogen-bond donors (Lipinski definition) is 1. The van der Waals surface area contributed by atoms with Crippen molar-refractivity contribution in [2.45, 2.75) is 19.4 Å². The van der Waals surface area contributed by atoms with Gasteiger partial charge in [-0.3, -0.25) is 10.1 Å². The molecule has 0 fully saturated rings. The summed E-state index contributed by atoms with van der Waals surface area (Å²) in [5.41, 5.74) is 6.44. The molecule has 0 amide bonds. The number of halogens is 1. The van der Waals surface area contributed by atoms with E-state index in [0.29, 0.717) is 12.0 Å². The Labute approximate surface area is 88.7 Å². The zero-order valence-electron chi connectivity index (χ0n) is 7.84. The lowest BCUT2D eigenvalue weighted by molar-refractivity contribution is -0.385. The first kappa shape index (κ1) is 12.9. The minimum Gasteiger partial charge on any atom is -0.324 e. The fourth-order valence-electron chi connectivity index (χ4n) is 1.19. The van der Waals surface area contributed by atoms with Crippen molar-refractivity contribution >= 4 is 18.1 Å². The normalized spacial score (nSPS) is 11.6. The van der Waals surface area contributed by atoms with Gasteiger partial charge in [-0.05, 0) is 6.42 Å². The molecular formula is C9H13ClN2O2. The van der Waals surface area contributed by atoms with Crippen molar-refractivity contribution in [3.05, 3.63) is 39.9 Å². The number of nitrogens with two attached hydrogens (primary N) is 1. The molecule has 0 aliphatic carbocycles. The highest BCUT2D eigenvalue weighted by atomic mass is 35.5. The van der Waals surface area contributed by atoms with E-state index in [0.717, 1.165) is 0 Å². The highest BCUT2D eigenvalue weighted by Gasteiger charge is 2.16. The predicted molar refractivity (Wildman–Crippen MR) is 57.6 cm³/mol. The molecule has 0 saturated heterocycles.